The molecule has 0 spiro atoms. The first-order valence-electron chi connectivity index (χ1n) is 5.53. The fraction of sp³-hybridized carbons (Fsp3) is 0.250. The molecule has 0 bridgehead atoms. The third kappa shape index (κ3) is 3.65. The van der Waals surface area contributed by atoms with E-state index in [1.54, 1.807) is 19.1 Å². The number of nitrogens with zero attached hydrogens (tertiary/aromatic N) is 2. The van der Waals surface area contributed by atoms with Crippen LogP contribution in [0.4, 0.5) is 0 Å². The van der Waals surface area contributed by atoms with Gasteiger partial charge in [-0.15, -0.1) is 11.3 Å². The maximum atomic E-state index is 12.1. The predicted molar refractivity (Wildman–Crippen MR) is 77.0 cm³/mol. The molecule has 0 aliphatic heterocycles. The maximum absolute atomic E-state index is 12.1. The van der Waals surface area contributed by atoms with Gasteiger partial charge in [0.05, 0.1) is 10.4 Å². The van der Waals surface area contributed by atoms with E-state index in [1.165, 1.54) is 11.3 Å². The zero-order valence-electron chi connectivity index (χ0n) is 10.3. The molecule has 0 aliphatic carbocycles. The van der Waals surface area contributed by atoms with Crippen LogP contribution in [-0.2, 0) is 0 Å². The van der Waals surface area contributed by atoms with Crippen LogP contribution < -0.4 is 5.32 Å². The first kappa shape index (κ1) is 14.2. The molecule has 2 rings (SSSR count). The van der Waals surface area contributed by atoms with E-state index < -0.39 is 0 Å². The molecule has 7 heteroatoms. The second-order valence-corrected chi connectivity index (χ2v) is 6.09. The van der Waals surface area contributed by atoms with Crippen molar-refractivity contribution in [3.05, 3.63) is 44.1 Å². The molecule has 1 amide bonds. The summed E-state index contributed by atoms with van der Waals surface area (Å²) >= 11 is 13.0. The van der Waals surface area contributed by atoms with E-state index in [0.717, 1.165) is 4.88 Å². The molecule has 2 aromatic rings. The predicted octanol–water partition coefficient (Wildman–Crippen LogP) is 3.64. The number of rotatable bonds is 3. The van der Waals surface area contributed by atoms with Crippen molar-refractivity contribution in [3.63, 3.8) is 0 Å². The number of hydrogen-bond donors (Lipinski definition) is 1. The Morgan fingerprint density at radius 1 is 1.37 bits per heavy atom. The van der Waals surface area contributed by atoms with E-state index in [1.807, 2.05) is 13.0 Å². The van der Waals surface area contributed by atoms with Crippen LogP contribution in [0.15, 0.2) is 18.2 Å². The Morgan fingerprint density at radius 2 is 2.11 bits per heavy atom. The van der Waals surface area contributed by atoms with E-state index in [4.69, 9.17) is 23.2 Å². The normalized spacial score (nSPS) is 12.2. The summed E-state index contributed by atoms with van der Waals surface area (Å²) in [6, 6.07) is 5.14. The third-order valence-corrected chi connectivity index (χ3v) is 4.01. The SMILES string of the molecule is Cc1cc(C(=O)NC(C)c2ccc(Cl)s2)nc(Cl)n1. The van der Waals surface area contributed by atoms with E-state index in [9.17, 15) is 4.79 Å². The quantitative estimate of drug-likeness (QED) is 0.880. The van der Waals surface area contributed by atoms with E-state index in [2.05, 4.69) is 15.3 Å². The summed E-state index contributed by atoms with van der Waals surface area (Å²) < 4.78 is 0.692. The van der Waals surface area contributed by atoms with Crippen molar-refractivity contribution in [1.82, 2.24) is 15.3 Å². The van der Waals surface area contributed by atoms with Crippen molar-refractivity contribution in [2.24, 2.45) is 0 Å². The first-order chi connectivity index (χ1) is 8.95. The van der Waals surface area contributed by atoms with Crippen LogP contribution in [0.3, 0.4) is 0 Å². The minimum absolute atomic E-state index is 0.0666. The Balaban J connectivity index is 2.12. The lowest BCUT2D eigenvalue weighted by molar-refractivity contribution is 0.0935. The highest BCUT2D eigenvalue weighted by molar-refractivity contribution is 7.16. The highest BCUT2D eigenvalue weighted by Gasteiger charge is 2.15. The molecule has 4 nitrogen and oxygen atoms in total. The van der Waals surface area contributed by atoms with Gasteiger partial charge in [0.15, 0.2) is 0 Å². The number of hydrogen-bond acceptors (Lipinski definition) is 4. The molecule has 0 aromatic carbocycles. The van der Waals surface area contributed by atoms with Crippen LogP contribution in [0.25, 0.3) is 0 Å². The van der Waals surface area contributed by atoms with Crippen LogP contribution in [0.1, 0.15) is 34.0 Å². The van der Waals surface area contributed by atoms with Crippen molar-refractivity contribution in [3.8, 4) is 0 Å². The zero-order chi connectivity index (χ0) is 14.0. The van der Waals surface area contributed by atoms with Gasteiger partial charge in [0.1, 0.15) is 5.69 Å². The lowest BCUT2D eigenvalue weighted by atomic mass is 10.2. The second kappa shape index (κ2) is 5.86. The minimum atomic E-state index is -0.288. The minimum Gasteiger partial charge on any atom is -0.343 e. The molecule has 2 aromatic heterocycles. The number of carbonyl (C=O) groups is 1. The molecule has 0 saturated carbocycles. The molecule has 0 fully saturated rings. The highest BCUT2D eigenvalue weighted by Crippen LogP contribution is 2.26. The van der Waals surface area contributed by atoms with E-state index in [-0.39, 0.29) is 22.9 Å². The highest BCUT2D eigenvalue weighted by atomic mass is 35.5. The molecule has 0 aliphatic rings. The Labute approximate surface area is 124 Å². The van der Waals surface area contributed by atoms with Gasteiger partial charge in [-0.2, -0.15) is 0 Å². The van der Waals surface area contributed by atoms with Gasteiger partial charge in [-0.3, -0.25) is 4.79 Å². The van der Waals surface area contributed by atoms with Gasteiger partial charge < -0.3 is 5.32 Å². The second-order valence-electron chi connectivity index (χ2n) is 4.00. The molecular formula is C12H11Cl2N3OS. The van der Waals surface area contributed by atoms with Gasteiger partial charge >= 0.3 is 0 Å². The van der Waals surface area contributed by atoms with Crippen molar-refractivity contribution in [2.45, 2.75) is 19.9 Å². The van der Waals surface area contributed by atoms with Crippen molar-refractivity contribution >= 4 is 40.4 Å². The summed E-state index contributed by atoms with van der Waals surface area (Å²) in [6.45, 7) is 3.64. The Bertz CT molecular complexity index is 595. The topological polar surface area (TPSA) is 54.9 Å². The average Bonchev–Trinajstić information content (AvgIpc) is 2.74. The van der Waals surface area contributed by atoms with Crippen LogP contribution in [0, 0.1) is 6.92 Å². The number of nitrogens with one attached hydrogen (secondary N) is 1. The zero-order valence-corrected chi connectivity index (χ0v) is 12.6. The molecular weight excluding hydrogens is 305 g/mol. The fourth-order valence-electron chi connectivity index (χ4n) is 1.55. The molecule has 2 heterocycles. The van der Waals surface area contributed by atoms with Gasteiger partial charge in [0.25, 0.3) is 5.91 Å². The smallest absolute Gasteiger partial charge is 0.270 e. The monoisotopic (exact) mass is 315 g/mol. The number of aromatic nitrogens is 2. The summed E-state index contributed by atoms with van der Waals surface area (Å²) in [7, 11) is 0. The first-order valence-corrected chi connectivity index (χ1v) is 7.10. The lowest BCUT2D eigenvalue weighted by Crippen LogP contribution is -2.27. The largest absolute Gasteiger partial charge is 0.343 e. The molecule has 0 saturated heterocycles. The van der Waals surface area contributed by atoms with Crippen molar-refractivity contribution < 1.29 is 4.79 Å². The average molecular weight is 316 g/mol. The van der Waals surface area contributed by atoms with Crippen LogP contribution >= 0.6 is 34.5 Å². The lowest BCUT2D eigenvalue weighted by Gasteiger charge is -2.11. The third-order valence-electron chi connectivity index (χ3n) is 2.43. The van der Waals surface area contributed by atoms with E-state index in [0.29, 0.717) is 10.0 Å². The summed E-state index contributed by atoms with van der Waals surface area (Å²) in [5.74, 6) is -0.288. The summed E-state index contributed by atoms with van der Waals surface area (Å²) in [5, 5.41) is 2.91. The summed E-state index contributed by atoms with van der Waals surface area (Å²) in [5.41, 5.74) is 0.906. The Morgan fingerprint density at radius 3 is 2.68 bits per heavy atom. The number of halogens is 2. The van der Waals surface area contributed by atoms with Crippen LogP contribution in [0.2, 0.25) is 9.62 Å². The summed E-state index contributed by atoms with van der Waals surface area (Å²) in [6.07, 6.45) is 0. The van der Waals surface area contributed by atoms with Gasteiger partial charge in [-0.25, -0.2) is 9.97 Å². The molecule has 100 valence electrons. The Hall–Kier alpha value is -1.17. The molecule has 0 radical (unpaired) electrons. The molecule has 19 heavy (non-hydrogen) atoms. The van der Waals surface area contributed by atoms with Gasteiger partial charge in [-0.05, 0) is 43.6 Å². The number of aryl methyl sites for hydroxylation is 1. The maximum Gasteiger partial charge on any atom is 0.270 e. The molecule has 1 atom stereocenters. The van der Waals surface area contributed by atoms with Gasteiger partial charge in [0, 0.05) is 10.6 Å². The van der Waals surface area contributed by atoms with Crippen LogP contribution in [-0.4, -0.2) is 15.9 Å². The fourth-order valence-corrected chi connectivity index (χ4v) is 2.84. The van der Waals surface area contributed by atoms with E-state index >= 15 is 0 Å². The number of thiophene rings is 1. The van der Waals surface area contributed by atoms with Crippen molar-refractivity contribution in [1.29, 1.82) is 0 Å². The molecule has 1 N–H and O–H groups in total. The van der Waals surface area contributed by atoms with Gasteiger partial charge in [0.2, 0.25) is 5.28 Å². The van der Waals surface area contributed by atoms with Crippen molar-refractivity contribution in [2.75, 3.05) is 0 Å². The Kier molecular flexibility index (Phi) is 4.39. The van der Waals surface area contributed by atoms with Gasteiger partial charge in [-0.1, -0.05) is 11.6 Å². The number of amides is 1. The standard InChI is InChI=1S/C12H11Cl2N3OS/c1-6-5-8(17-12(14)15-6)11(18)16-7(2)9-3-4-10(13)19-9/h3-5,7H,1-2H3,(H,16,18). The van der Waals surface area contributed by atoms with Crippen LogP contribution in [0.5, 0.6) is 0 Å². The number of carbonyl (C=O) groups excluding carboxylic acids is 1. The molecule has 1 unspecified atom stereocenters. The summed E-state index contributed by atoms with van der Waals surface area (Å²) in [4.78, 5) is 20.9.